The molecule has 0 aliphatic carbocycles. The van der Waals surface area contributed by atoms with E-state index in [9.17, 15) is 0 Å². The van der Waals surface area contributed by atoms with Gasteiger partial charge in [-0.25, -0.2) is 0 Å². The van der Waals surface area contributed by atoms with Gasteiger partial charge in [-0.05, 0) is 30.5 Å². The van der Waals surface area contributed by atoms with Gasteiger partial charge >= 0.3 is 0 Å². The molecule has 1 unspecified atom stereocenters. The summed E-state index contributed by atoms with van der Waals surface area (Å²) in [6.07, 6.45) is 2.74. The van der Waals surface area contributed by atoms with Gasteiger partial charge in [0.1, 0.15) is 5.76 Å². The molecule has 0 bridgehead atoms. The third-order valence-electron chi connectivity index (χ3n) is 3.13. The van der Waals surface area contributed by atoms with E-state index >= 15 is 0 Å². The first-order valence-corrected chi connectivity index (χ1v) is 5.25. The maximum absolute atomic E-state index is 5.40. The third kappa shape index (κ3) is 2.61. The van der Waals surface area contributed by atoms with Crippen molar-refractivity contribution >= 4 is 0 Å². The molecule has 1 atom stereocenters. The molecule has 0 aliphatic heterocycles. The lowest BCUT2D eigenvalue weighted by Gasteiger charge is -2.32. The monoisotopic (exact) mass is 195 g/mol. The van der Waals surface area contributed by atoms with Crippen LogP contribution in [0.1, 0.15) is 26.5 Å². The van der Waals surface area contributed by atoms with Crippen molar-refractivity contribution in [3.05, 3.63) is 24.2 Å². The maximum Gasteiger partial charge on any atom is 0.104 e. The van der Waals surface area contributed by atoms with Crippen LogP contribution in [0, 0.1) is 11.3 Å². The fourth-order valence-electron chi connectivity index (χ4n) is 1.69. The van der Waals surface area contributed by atoms with Crippen molar-refractivity contribution in [2.45, 2.75) is 27.2 Å². The largest absolute Gasteiger partial charge is 0.469 e. The van der Waals surface area contributed by atoms with Crippen molar-refractivity contribution in [2.75, 3.05) is 13.6 Å². The molecule has 1 heterocycles. The summed E-state index contributed by atoms with van der Waals surface area (Å²) in [4.78, 5) is 0. The molecule has 1 aromatic rings. The van der Waals surface area contributed by atoms with Gasteiger partial charge in [0.2, 0.25) is 0 Å². The van der Waals surface area contributed by atoms with Crippen molar-refractivity contribution in [1.82, 2.24) is 5.32 Å². The number of rotatable bonds is 5. The lowest BCUT2D eigenvalue weighted by molar-refractivity contribution is 0.199. The van der Waals surface area contributed by atoms with Crippen molar-refractivity contribution in [2.24, 2.45) is 11.3 Å². The smallest absolute Gasteiger partial charge is 0.104 e. The molecule has 0 spiro atoms. The van der Waals surface area contributed by atoms with Crippen LogP contribution >= 0.6 is 0 Å². The summed E-state index contributed by atoms with van der Waals surface area (Å²) in [5.41, 5.74) is 0.270. The zero-order valence-electron chi connectivity index (χ0n) is 9.63. The van der Waals surface area contributed by atoms with Gasteiger partial charge in [-0.2, -0.15) is 0 Å². The molecule has 14 heavy (non-hydrogen) atoms. The predicted molar refractivity (Wildman–Crippen MR) is 59.3 cm³/mol. The Morgan fingerprint density at radius 2 is 2.21 bits per heavy atom. The van der Waals surface area contributed by atoms with Crippen LogP contribution in [-0.4, -0.2) is 13.6 Å². The van der Waals surface area contributed by atoms with E-state index < -0.39 is 0 Å². The SMILES string of the molecule is CNCC(C)(Cc1ccco1)C(C)C. The number of nitrogens with one attached hydrogen (secondary N) is 1. The second-order valence-corrected chi connectivity index (χ2v) is 4.60. The molecular formula is C12H21NO. The van der Waals surface area contributed by atoms with E-state index in [0.717, 1.165) is 18.7 Å². The third-order valence-corrected chi connectivity index (χ3v) is 3.13. The summed E-state index contributed by atoms with van der Waals surface area (Å²) < 4.78 is 5.40. The van der Waals surface area contributed by atoms with E-state index in [1.807, 2.05) is 13.1 Å². The van der Waals surface area contributed by atoms with Crippen LogP contribution in [0.15, 0.2) is 22.8 Å². The van der Waals surface area contributed by atoms with Gasteiger partial charge < -0.3 is 9.73 Å². The number of furan rings is 1. The van der Waals surface area contributed by atoms with Crippen LogP contribution in [0.25, 0.3) is 0 Å². The molecule has 0 fully saturated rings. The van der Waals surface area contributed by atoms with Gasteiger partial charge in [0.15, 0.2) is 0 Å². The first-order chi connectivity index (χ1) is 6.58. The second-order valence-electron chi connectivity index (χ2n) is 4.60. The van der Waals surface area contributed by atoms with E-state index in [4.69, 9.17) is 4.42 Å². The molecular weight excluding hydrogens is 174 g/mol. The Balaban J connectivity index is 2.69. The highest BCUT2D eigenvalue weighted by atomic mass is 16.3. The fourth-order valence-corrected chi connectivity index (χ4v) is 1.69. The van der Waals surface area contributed by atoms with E-state index in [0.29, 0.717) is 5.92 Å². The van der Waals surface area contributed by atoms with Crippen LogP contribution in [0.5, 0.6) is 0 Å². The Bertz CT molecular complexity index is 253. The average Bonchev–Trinajstić information content (AvgIpc) is 2.56. The molecule has 2 heteroatoms. The minimum absolute atomic E-state index is 0.270. The highest BCUT2D eigenvalue weighted by Gasteiger charge is 2.28. The van der Waals surface area contributed by atoms with Crippen LogP contribution in [0.3, 0.4) is 0 Å². The van der Waals surface area contributed by atoms with Gasteiger partial charge in [0, 0.05) is 13.0 Å². The number of hydrogen-bond donors (Lipinski definition) is 1. The summed E-state index contributed by atoms with van der Waals surface area (Å²) in [5.74, 6) is 1.72. The highest BCUT2D eigenvalue weighted by Crippen LogP contribution is 2.30. The van der Waals surface area contributed by atoms with Crippen molar-refractivity contribution < 1.29 is 4.42 Å². The average molecular weight is 195 g/mol. The van der Waals surface area contributed by atoms with Crippen molar-refractivity contribution in [3.8, 4) is 0 Å². The Morgan fingerprint density at radius 1 is 1.50 bits per heavy atom. The summed E-state index contributed by atoms with van der Waals surface area (Å²) >= 11 is 0. The highest BCUT2D eigenvalue weighted by molar-refractivity contribution is 5.02. The molecule has 0 radical (unpaired) electrons. The lowest BCUT2D eigenvalue weighted by atomic mass is 9.75. The molecule has 2 nitrogen and oxygen atoms in total. The lowest BCUT2D eigenvalue weighted by Crippen LogP contribution is -2.36. The quantitative estimate of drug-likeness (QED) is 0.781. The van der Waals surface area contributed by atoms with Crippen LogP contribution in [0.2, 0.25) is 0 Å². The summed E-state index contributed by atoms with van der Waals surface area (Å²) in [5, 5.41) is 3.26. The normalized spacial score (nSPS) is 15.8. The molecule has 1 rings (SSSR count). The van der Waals surface area contributed by atoms with Gasteiger partial charge in [-0.15, -0.1) is 0 Å². The van der Waals surface area contributed by atoms with Crippen molar-refractivity contribution in [1.29, 1.82) is 0 Å². The Labute approximate surface area is 86.7 Å². The first kappa shape index (κ1) is 11.3. The first-order valence-electron chi connectivity index (χ1n) is 5.25. The van der Waals surface area contributed by atoms with Crippen LogP contribution in [-0.2, 0) is 6.42 Å². The maximum atomic E-state index is 5.40. The molecule has 0 amide bonds. The zero-order chi connectivity index (χ0) is 10.6. The van der Waals surface area contributed by atoms with Gasteiger partial charge in [-0.3, -0.25) is 0 Å². The minimum atomic E-state index is 0.270. The van der Waals surface area contributed by atoms with Gasteiger partial charge in [-0.1, -0.05) is 20.8 Å². The molecule has 80 valence electrons. The minimum Gasteiger partial charge on any atom is -0.469 e. The van der Waals surface area contributed by atoms with E-state index in [-0.39, 0.29) is 5.41 Å². The van der Waals surface area contributed by atoms with Crippen LogP contribution in [0.4, 0.5) is 0 Å². The molecule has 0 aliphatic rings. The van der Waals surface area contributed by atoms with E-state index in [1.54, 1.807) is 6.26 Å². The fraction of sp³-hybridized carbons (Fsp3) is 0.667. The molecule has 0 aromatic carbocycles. The molecule has 1 aromatic heterocycles. The Kier molecular flexibility index (Phi) is 3.76. The Morgan fingerprint density at radius 3 is 2.64 bits per heavy atom. The summed E-state index contributed by atoms with van der Waals surface area (Å²) in [7, 11) is 2.00. The van der Waals surface area contributed by atoms with Crippen LogP contribution < -0.4 is 5.32 Å². The summed E-state index contributed by atoms with van der Waals surface area (Å²) in [6.45, 7) is 7.85. The summed E-state index contributed by atoms with van der Waals surface area (Å²) in [6, 6.07) is 4.01. The Hall–Kier alpha value is -0.760. The zero-order valence-corrected chi connectivity index (χ0v) is 9.63. The van der Waals surface area contributed by atoms with E-state index in [2.05, 4.69) is 32.2 Å². The topological polar surface area (TPSA) is 25.2 Å². The van der Waals surface area contributed by atoms with Gasteiger partial charge in [0.25, 0.3) is 0 Å². The standard InChI is InChI=1S/C12H21NO/c1-10(2)12(3,9-13-4)8-11-6-5-7-14-11/h5-7,10,13H,8-9H2,1-4H3. The van der Waals surface area contributed by atoms with E-state index in [1.165, 1.54) is 0 Å². The molecule has 0 saturated carbocycles. The second kappa shape index (κ2) is 4.65. The van der Waals surface area contributed by atoms with Gasteiger partial charge in [0.05, 0.1) is 6.26 Å². The molecule has 1 N–H and O–H groups in total. The molecule has 0 saturated heterocycles. The predicted octanol–water partition coefficient (Wildman–Crippen LogP) is 2.70. The van der Waals surface area contributed by atoms with Crippen molar-refractivity contribution in [3.63, 3.8) is 0 Å². The number of hydrogen-bond acceptors (Lipinski definition) is 2.